The van der Waals surface area contributed by atoms with Gasteiger partial charge in [-0.05, 0) is 46.9 Å². The molecule has 4 rings (SSSR count). The lowest BCUT2D eigenvalue weighted by molar-refractivity contribution is -0.135. The highest BCUT2D eigenvalue weighted by Gasteiger charge is 2.48. The maximum absolute atomic E-state index is 12.7. The highest BCUT2D eigenvalue weighted by molar-refractivity contribution is 5.86. The van der Waals surface area contributed by atoms with Gasteiger partial charge in [-0.3, -0.25) is 0 Å². The number of hydrogen-bond acceptors (Lipinski definition) is 3. The van der Waals surface area contributed by atoms with E-state index in [1.807, 2.05) is 48.5 Å². The van der Waals surface area contributed by atoms with Crippen molar-refractivity contribution in [2.45, 2.75) is 89.8 Å². The summed E-state index contributed by atoms with van der Waals surface area (Å²) in [5, 5.41) is 2.19. The number of carbonyl (C=O) groups excluding carboxylic acids is 1. The van der Waals surface area contributed by atoms with Gasteiger partial charge in [0.1, 0.15) is 11.9 Å². The van der Waals surface area contributed by atoms with Crippen molar-refractivity contribution < 1.29 is 14.3 Å². The topological polar surface area (TPSA) is 38.8 Å². The Morgan fingerprint density at radius 2 is 1.41 bits per heavy atom. The van der Waals surface area contributed by atoms with Crippen molar-refractivity contribution in [2.24, 2.45) is 0 Å². The normalized spacial score (nSPS) is 17.1. The van der Waals surface area contributed by atoms with Crippen LogP contribution in [-0.2, 0) is 16.0 Å². The van der Waals surface area contributed by atoms with E-state index in [-0.39, 0.29) is 12.1 Å². The van der Waals surface area contributed by atoms with Crippen molar-refractivity contribution in [1.82, 2.24) is 0 Å². The van der Waals surface area contributed by atoms with Crippen LogP contribution in [0.5, 0.6) is 5.75 Å². The minimum absolute atomic E-state index is 0.188. The fourth-order valence-corrected chi connectivity index (χ4v) is 4.78. The number of hydrogen-bond donors (Lipinski definition) is 0. The van der Waals surface area contributed by atoms with Crippen LogP contribution in [0.15, 0.2) is 66.7 Å². The summed E-state index contributed by atoms with van der Waals surface area (Å²) in [5.41, 5.74) is 2.44. The molecule has 1 heterocycles. The minimum Gasteiger partial charge on any atom is -0.425 e. The van der Waals surface area contributed by atoms with E-state index in [4.69, 9.17) is 9.47 Å². The van der Waals surface area contributed by atoms with Crippen LogP contribution in [0, 0.1) is 0 Å². The minimum atomic E-state index is -0.514. The number of esters is 1. The lowest BCUT2D eigenvalue weighted by Crippen LogP contribution is -2.15. The summed E-state index contributed by atoms with van der Waals surface area (Å²) in [6.45, 7) is 2.27. The molecule has 0 saturated carbocycles. The average molecular weight is 459 g/mol. The second-order valence-corrected chi connectivity index (χ2v) is 9.54. The maximum Gasteiger partial charge on any atom is 0.343 e. The van der Waals surface area contributed by atoms with E-state index < -0.39 is 6.10 Å². The summed E-state index contributed by atoms with van der Waals surface area (Å²) in [7, 11) is 0. The van der Waals surface area contributed by atoms with Gasteiger partial charge in [0.25, 0.3) is 0 Å². The Labute approximate surface area is 204 Å². The molecule has 180 valence electrons. The molecule has 0 N–H and O–H groups in total. The number of rotatable bonds is 14. The predicted molar refractivity (Wildman–Crippen MR) is 139 cm³/mol. The molecule has 0 bridgehead atoms. The summed E-state index contributed by atoms with van der Waals surface area (Å²) >= 11 is 0. The third kappa shape index (κ3) is 6.93. The van der Waals surface area contributed by atoms with E-state index in [9.17, 15) is 4.79 Å². The van der Waals surface area contributed by atoms with Crippen LogP contribution in [0.25, 0.3) is 10.8 Å². The van der Waals surface area contributed by atoms with Crippen LogP contribution in [0.1, 0.15) is 88.4 Å². The van der Waals surface area contributed by atoms with Crippen LogP contribution < -0.4 is 4.74 Å². The summed E-state index contributed by atoms with van der Waals surface area (Å²) in [6.07, 6.45) is 13.7. The van der Waals surface area contributed by atoms with Gasteiger partial charge in [-0.1, -0.05) is 119 Å². The zero-order valence-corrected chi connectivity index (χ0v) is 20.5. The SMILES string of the molecule is CCCCCCCCCCCCc1ccccc1C1OC1C(=O)Oc1ccc2ccccc2c1. The number of unbranched alkanes of at least 4 members (excludes halogenated alkanes) is 9. The molecule has 1 aliphatic rings. The Balaban J connectivity index is 1.21. The van der Waals surface area contributed by atoms with Gasteiger partial charge < -0.3 is 9.47 Å². The molecule has 1 aliphatic heterocycles. The van der Waals surface area contributed by atoms with E-state index in [1.165, 1.54) is 69.8 Å². The molecule has 1 fully saturated rings. The molecule has 0 amide bonds. The molecule has 3 aromatic carbocycles. The number of benzene rings is 3. The van der Waals surface area contributed by atoms with E-state index in [2.05, 4.69) is 25.1 Å². The number of ether oxygens (including phenoxy) is 2. The molecule has 34 heavy (non-hydrogen) atoms. The second kappa shape index (κ2) is 12.7. The van der Waals surface area contributed by atoms with Crippen molar-refractivity contribution >= 4 is 16.7 Å². The second-order valence-electron chi connectivity index (χ2n) is 9.54. The van der Waals surface area contributed by atoms with Gasteiger partial charge in [0.15, 0.2) is 6.10 Å². The van der Waals surface area contributed by atoms with Gasteiger partial charge in [0.2, 0.25) is 0 Å². The first-order valence-corrected chi connectivity index (χ1v) is 13.2. The summed E-state index contributed by atoms with van der Waals surface area (Å²) in [5.74, 6) is 0.255. The molecular weight excluding hydrogens is 420 g/mol. The smallest absolute Gasteiger partial charge is 0.343 e. The van der Waals surface area contributed by atoms with E-state index in [1.54, 1.807) is 0 Å². The Bertz CT molecular complexity index is 1060. The van der Waals surface area contributed by atoms with Gasteiger partial charge in [-0.25, -0.2) is 4.79 Å². The Kier molecular flexibility index (Phi) is 9.15. The molecular formula is C31H38O3. The Morgan fingerprint density at radius 1 is 0.765 bits per heavy atom. The summed E-state index contributed by atoms with van der Waals surface area (Å²) in [4.78, 5) is 12.7. The first kappa shape index (κ1) is 24.5. The first-order valence-electron chi connectivity index (χ1n) is 13.2. The fraction of sp³-hybridized carbons (Fsp3) is 0.452. The van der Waals surface area contributed by atoms with Crippen molar-refractivity contribution in [3.63, 3.8) is 0 Å². The zero-order chi connectivity index (χ0) is 23.6. The largest absolute Gasteiger partial charge is 0.425 e. The van der Waals surface area contributed by atoms with Crippen molar-refractivity contribution in [3.05, 3.63) is 77.9 Å². The molecule has 3 aromatic rings. The van der Waals surface area contributed by atoms with E-state index in [0.717, 1.165) is 22.8 Å². The first-order chi connectivity index (χ1) is 16.8. The molecule has 2 atom stereocenters. The monoisotopic (exact) mass is 458 g/mol. The Morgan fingerprint density at radius 3 is 2.18 bits per heavy atom. The number of carbonyl (C=O) groups is 1. The van der Waals surface area contributed by atoms with E-state index >= 15 is 0 Å². The van der Waals surface area contributed by atoms with Gasteiger partial charge in [0, 0.05) is 0 Å². The molecule has 0 aromatic heterocycles. The highest BCUT2D eigenvalue weighted by atomic mass is 16.6. The lowest BCUT2D eigenvalue weighted by atomic mass is 9.97. The van der Waals surface area contributed by atoms with Crippen LogP contribution in [-0.4, -0.2) is 12.1 Å². The highest BCUT2D eigenvalue weighted by Crippen LogP contribution is 2.41. The third-order valence-corrected chi connectivity index (χ3v) is 6.82. The molecule has 0 aliphatic carbocycles. The third-order valence-electron chi connectivity index (χ3n) is 6.82. The molecule has 1 saturated heterocycles. The van der Waals surface area contributed by atoms with Crippen LogP contribution in [0.2, 0.25) is 0 Å². The quantitative estimate of drug-likeness (QED) is 0.105. The maximum atomic E-state index is 12.7. The number of aryl methyl sites for hydroxylation is 1. The van der Waals surface area contributed by atoms with Crippen LogP contribution in [0.3, 0.4) is 0 Å². The number of epoxide rings is 1. The number of fused-ring (bicyclic) bond motifs is 1. The van der Waals surface area contributed by atoms with Gasteiger partial charge in [0.05, 0.1) is 0 Å². The molecule has 2 unspecified atom stereocenters. The van der Waals surface area contributed by atoms with Crippen molar-refractivity contribution in [2.75, 3.05) is 0 Å². The molecule has 3 heteroatoms. The molecule has 0 spiro atoms. The molecule has 0 radical (unpaired) electrons. The summed E-state index contributed by atoms with van der Waals surface area (Å²) < 4.78 is 11.4. The standard InChI is InChI=1S/C31H38O3/c1-2-3-4-5-6-7-8-9-10-11-17-25-18-14-15-20-28(25)29-30(34-29)31(32)33-27-22-21-24-16-12-13-19-26(24)23-27/h12-16,18-23,29-30H,2-11,17H2,1H3. The van der Waals surface area contributed by atoms with Crippen molar-refractivity contribution in [3.8, 4) is 5.75 Å². The van der Waals surface area contributed by atoms with E-state index in [0.29, 0.717) is 5.75 Å². The van der Waals surface area contributed by atoms with Crippen LogP contribution in [0.4, 0.5) is 0 Å². The Hall–Kier alpha value is -2.65. The van der Waals surface area contributed by atoms with Crippen LogP contribution >= 0.6 is 0 Å². The fourth-order valence-electron chi connectivity index (χ4n) is 4.78. The average Bonchev–Trinajstić information content (AvgIpc) is 3.66. The van der Waals surface area contributed by atoms with Gasteiger partial charge >= 0.3 is 5.97 Å². The molecule has 3 nitrogen and oxygen atoms in total. The van der Waals surface area contributed by atoms with Gasteiger partial charge in [-0.15, -0.1) is 0 Å². The lowest BCUT2D eigenvalue weighted by Gasteiger charge is -2.08. The summed E-state index contributed by atoms with van der Waals surface area (Å²) in [6, 6.07) is 22.2. The zero-order valence-electron chi connectivity index (χ0n) is 20.5. The predicted octanol–water partition coefficient (Wildman–Crippen LogP) is 8.35. The van der Waals surface area contributed by atoms with Crippen molar-refractivity contribution in [1.29, 1.82) is 0 Å². The van der Waals surface area contributed by atoms with Gasteiger partial charge in [-0.2, -0.15) is 0 Å².